The lowest BCUT2D eigenvalue weighted by Crippen LogP contribution is -2.40. The highest BCUT2D eigenvalue weighted by Gasteiger charge is 2.30. The number of aliphatic hydroxyl groups is 4. The van der Waals surface area contributed by atoms with E-state index in [1.807, 2.05) is 166 Å². The van der Waals surface area contributed by atoms with Gasteiger partial charge in [0.25, 0.3) is 11.8 Å². The highest BCUT2D eigenvalue weighted by atomic mass is 35.5. The fourth-order valence-electron chi connectivity index (χ4n) is 18.3. The van der Waals surface area contributed by atoms with Crippen molar-refractivity contribution in [3.63, 3.8) is 0 Å². The zero-order valence-corrected chi connectivity index (χ0v) is 80.5. The van der Waals surface area contributed by atoms with E-state index in [0.29, 0.717) is 121 Å². The van der Waals surface area contributed by atoms with Gasteiger partial charge in [-0.25, -0.2) is 9.97 Å². The number of H-pyrrole nitrogens is 6. The molecule has 16 aromatic rings. The molecule has 0 saturated carbocycles. The van der Waals surface area contributed by atoms with Crippen molar-refractivity contribution in [1.29, 1.82) is 0 Å². The Morgan fingerprint density at radius 2 is 0.681 bits per heavy atom. The van der Waals surface area contributed by atoms with Gasteiger partial charge in [-0.15, -0.1) is 20.4 Å². The van der Waals surface area contributed by atoms with Crippen LogP contribution in [0, 0.1) is 27.7 Å². The van der Waals surface area contributed by atoms with E-state index in [9.17, 15) is 20.4 Å². The number of piperidine rings is 4. The van der Waals surface area contributed by atoms with Crippen molar-refractivity contribution < 1.29 is 48.2 Å². The zero-order valence-electron chi connectivity index (χ0n) is 75.2. The van der Waals surface area contributed by atoms with Gasteiger partial charge in [-0.2, -0.15) is 5.10 Å². The fraction of sp³-hybridized carbons (Fsp3) is 0.356. The normalized spacial score (nSPS) is 16.3. The minimum atomic E-state index is -0.589. The molecule has 0 bridgehead atoms. The largest absolute Gasteiger partial charge is 0.490 e. The zero-order chi connectivity index (χ0) is 93.8. The summed E-state index contributed by atoms with van der Waals surface area (Å²) in [6.45, 7) is 18.1. The van der Waals surface area contributed by atoms with Gasteiger partial charge in [-0.1, -0.05) is 136 Å². The van der Waals surface area contributed by atoms with E-state index in [2.05, 4.69) is 115 Å². The molecule has 20 rings (SSSR count). The standard InChI is InChI=1S/C26H28Cl2N4O2.C25H27Cl2N5O2.C25H26Cl2N4O3.C25H27ClN4O3/c1-16-13-29-26(30-16)24-12-20-23(31-24)3-2-4-25(20)34-15-19(33)14-32-9-7-17(8-10-32)18-5-6-21(27)22(28)11-18;1-15-28-25(31-30-15)23-12-19-22(29-23)3-2-4-24(19)34-14-18(33)13-32-9-7-16(8-10-32)17-5-6-20(26)21(27)11-17;1-15-29-30-25(34-15)23-12-19-22(28-23)3-2-4-24(19)33-14-18(32)13-31-9-7-16(8-10-31)17-5-6-20(26)21(27)11-17;1-16-28-29-25(33-16)23-13-21-22(27-23)3-2-4-24(21)32-15-20(31)14-30-11-9-18(10-12-30)17-5-7-19(26)8-6-17/h2-6,11-13,17,19,31,33H,7-10,14-15H2,1H3,(H,29,30);2-6,11-12,16,18,29,33H,7-10,13-14H2,1H3,(H,28,30,31);2-6,11-12,16,18,28,32H,7-10,13-14H2,1H3;2-8,13,18,20,27,31H,9-12,14-15H2,1H3/t19-;2*18-;20-/m0000/s1. The number of likely N-dealkylation sites (tertiary alicyclic amines) is 4. The molecule has 34 heteroatoms. The van der Waals surface area contributed by atoms with Gasteiger partial charge in [-0.3, -0.25) is 5.10 Å². The van der Waals surface area contributed by atoms with Gasteiger partial charge in [0.15, 0.2) is 11.6 Å². The van der Waals surface area contributed by atoms with Crippen molar-refractivity contribution in [2.75, 3.05) is 105 Å². The molecule has 4 aliphatic heterocycles. The molecule has 0 aliphatic carbocycles. The van der Waals surface area contributed by atoms with E-state index >= 15 is 0 Å². The van der Waals surface area contributed by atoms with Crippen LogP contribution in [-0.4, -0.2) is 235 Å². The maximum atomic E-state index is 10.6. The van der Waals surface area contributed by atoms with Gasteiger partial charge in [0.1, 0.15) is 91.1 Å². The molecule has 4 saturated heterocycles. The first-order valence-electron chi connectivity index (χ1n) is 45.7. The van der Waals surface area contributed by atoms with Gasteiger partial charge < -0.3 is 92.7 Å². The smallest absolute Gasteiger partial charge is 0.264 e. The summed E-state index contributed by atoms with van der Waals surface area (Å²) in [7, 11) is 0. The molecule has 0 radical (unpaired) electrons. The fourth-order valence-corrected chi connectivity index (χ4v) is 19.3. The number of imidazole rings is 1. The summed E-state index contributed by atoms with van der Waals surface area (Å²) < 4.78 is 35.1. The topological polar surface area (TPSA) is 342 Å². The molecule has 0 amide bonds. The number of nitrogens with zero attached hydrogens (tertiary/aromatic N) is 11. The molecular weight excluding hydrogens is 1860 g/mol. The molecule has 8 aromatic heterocycles. The number of aliphatic hydroxyl groups excluding tert-OH is 4. The Morgan fingerprint density at radius 1 is 0.363 bits per heavy atom. The van der Waals surface area contributed by atoms with Crippen molar-refractivity contribution >= 4 is 125 Å². The van der Waals surface area contributed by atoms with Crippen LogP contribution in [0.15, 0.2) is 191 Å². The van der Waals surface area contributed by atoms with Crippen molar-refractivity contribution in [1.82, 2.24) is 85.1 Å². The Hall–Kier alpha value is -10.5. The average molecular weight is 1970 g/mol. The highest BCUT2D eigenvalue weighted by molar-refractivity contribution is 6.43. The summed E-state index contributed by atoms with van der Waals surface area (Å²) in [5, 5.41) is 73.6. The van der Waals surface area contributed by atoms with Crippen molar-refractivity contribution in [2.24, 2.45) is 0 Å². The number of rotatable bonds is 28. The monoisotopic (exact) mass is 1960 g/mol. The average Bonchev–Trinajstić information content (AvgIpc) is 1.70. The van der Waals surface area contributed by atoms with E-state index in [1.54, 1.807) is 13.8 Å². The van der Waals surface area contributed by atoms with Crippen LogP contribution in [0.25, 0.3) is 89.8 Å². The van der Waals surface area contributed by atoms with E-state index in [0.717, 1.165) is 204 Å². The Labute approximate surface area is 816 Å². The van der Waals surface area contributed by atoms with Crippen LogP contribution in [0.1, 0.15) is 121 Å². The lowest BCUT2D eigenvalue weighted by molar-refractivity contribution is 0.0598. The summed E-state index contributed by atoms with van der Waals surface area (Å²) in [5.74, 6) is 8.91. The van der Waals surface area contributed by atoms with Gasteiger partial charge >= 0.3 is 0 Å². The van der Waals surface area contributed by atoms with E-state index in [-0.39, 0.29) is 26.4 Å². The first-order chi connectivity index (χ1) is 65.4. The molecule has 27 nitrogen and oxygen atoms in total. The number of halogens is 7. The van der Waals surface area contributed by atoms with Crippen molar-refractivity contribution in [2.45, 2.75) is 127 Å². The van der Waals surface area contributed by atoms with Crippen molar-refractivity contribution in [3.8, 4) is 69.2 Å². The lowest BCUT2D eigenvalue weighted by Gasteiger charge is -2.33. The summed E-state index contributed by atoms with van der Waals surface area (Å²) in [6, 6.07) is 57.1. The Kier molecular flexibility index (Phi) is 31.9. The van der Waals surface area contributed by atoms with Crippen LogP contribution in [0.4, 0.5) is 0 Å². The SMILES string of the molecule is Cc1cnc(-c2cc3c(OC[C@@H](O)CN4CCC(c5ccc(Cl)c(Cl)c5)CC4)cccc3[nH]2)[nH]1.Cc1nc(-c2cc3c(OC[C@@H](O)CN4CCC(c5ccc(Cl)c(Cl)c5)CC4)cccc3[nH]2)n[nH]1.Cc1nnc(-c2cc3c(OC[C@@H](O)CN4CCC(c5ccc(Cl)c(Cl)c5)CC4)cccc3[nH]2)o1.Cc1nnc(-c2cc3c(OC[C@@H](O)CN4CCC(c5ccc(Cl)cc5)CC4)cccc3[nH]2)o1. The van der Waals surface area contributed by atoms with Crippen LogP contribution in [0.2, 0.25) is 35.2 Å². The predicted octanol–water partition coefficient (Wildman–Crippen LogP) is 21.2. The lowest BCUT2D eigenvalue weighted by atomic mass is 9.89. The number of benzene rings is 8. The second kappa shape index (κ2) is 44.7. The summed E-state index contributed by atoms with van der Waals surface area (Å²) in [6.07, 6.45) is 7.82. The molecular formula is C101H108Cl7N17O10. The number of aromatic amines is 6. The molecule has 4 atom stereocenters. The third kappa shape index (κ3) is 24.9. The first-order valence-corrected chi connectivity index (χ1v) is 48.3. The van der Waals surface area contributed by atoms with Gasteiger partial charge in [-0.05, 0) is 285 Å². The van der Waals surface area contributed by atoms with Crippen LogP contribution >= 0.6 is 81.2 Å². The Morgan fingerprint density at radius 3 is 0.993 bits per heavy atom. The molecule has 4 aliphatic rings. The van der Waals surface area contributed by atoms with E-state index < -0.39 is 24.4 Å². The summed E-state index contributed by atoms with van der Waals surface area (Å²) in [5.41, 5.74) is 13.0. The molecule has 706 valence electrons. The van der Waals surface area contributed by atoms with Crippen molar-refractivity contribution in [3.05, 3.63) is 263 Å². The molecule has 0 unspecified atom stereocenters. The molecule has 8 aromatic carbocycles. The van der Waals surface area contributed by atoms with Gasteiger partial charge in [0, 0.05) is 101 Å². The van der Waals surface area contributed by atoms with Crippen LogP contribution in [0.3, 0.4) is 0 Å². The number of nitrogens with one attached hydrogen (secondary N) is 6. The van der Waals surface area contributed by atoms with Crippen LogP contribution < -0.4 is 18.9 Å². The quantitative estimate of drug-likeness (QED) is 0.0218. The Balaban J connectivity index is 0.000000125. The van der Waals surface area contributed by atoms with E-state index in [4.69, 9.17) is 109 Å². The number of hydrogen-bond donors (Lipinski definition) is 10. The predicted molar refractivity (Wildman–Crippen MR) is 532 cm³/mol. The van der Waals surface area contributed by atoms with Gasteiger partial charge in [0.05, 0.1) is 41.5 Å². The number of ether oxygens (including phenoxy) is 4. The minimum Gasteiger partial charge on any atom is -0.490 e. The maximum Gasteiger partial charge on any atom is 0.264 e. The number of aromatic nitrogens is 13. The third-order valence-electron chi connectivity index (χ3n) is 25.3. The molecule has 135 heavy (non-hydrogen) atoms. The number of β-amino-alcohol motifs (C(OH)–C–C–N with tert-alkyl or cyclic N) is 4. The van der Waals surface area contributed by atoms with Crippen LogP contribution in [0.5, 0.6) is 23.0 Å². The summed E-state index contributed by atoms with van der Waals surface area (Å²) >= 11 is 42.7. The first kappa shape index (κ1) is 96.2. The summed E-state index contributed by atoms with van der Waals surface area (Å²) in [4.78, 5) is 34.5. The highest BCUT2D eigenvalue weighted by Crippen LogP contribution is 2.41. The van der Waals surface area contributed by atoms with Crippen LogP contribution in [-0.2, 0) is 0 Å². The maximum absolute atomic E-state index is 10.6. The number of hydrogen-bond acceptors (Lipinski definition) is 21. The second-order valence-electron chi connectivity index (χ2n) is 35.2. The molecule has 10 N–H and O–H groups in total. The van der Waals surface area contributed by atoms with Gasteiger partial charge in [0.2, 0.25) is 11.8 Å². The minimum absolute atomic E-state index is 0.214. The Bertz CT molecular complexity index is 6150. The second-order valence-corrected chi connectivity index (χ2v) is 38.1. The molecule has 0 spiro atoms. The number of aryl methyl sites for hydroxylation is 4. The molecule has 4 fully saturated rings. The number of fused-ring (bicyclic) bond motifs is 4. The molecule has 12 heterocycles. The van der Waals surface area contributed by atoms with E-state index in [1.165, 1.54) is 22.3 Å². The third-order valence-corrected chi connectivity index (χ3v) is 27.8.